The van der Waals surface area contributed by atoms with E-state index >= 15 is 0 Å². The number of aliphatic hydroxyl groups excluding tert-OH is 2. The molecule has 5 atom stereocenters. The number of halogens is 1. The fourth-order valence-electron chi connectivity index (χ4n) is 7.37. The monoisotopic (exact) mass is 769 g/mol. The van der Waals surface area contributed by atoms with Crippen LogP contribution in [0.3, 0.4) is 0 Å². The zero-order valence-electron chi connectivity index (χ0n) is 30.4. The summed E-state index contributed by atoms with van der Waals surface area (Å²) in [7, 11) is 0. The topological polar surface area (TPSA) is 210 Å². The van der Waals surface area contributed by atoms with Gasteiger partial charge in [0.15, 0.2) is 28.6 Å². The van der Waals surface area contributed by atoms with Crippen LogP contribution in [0.2, 0.25) is 0 Å². The lowest BCUT2D eigenvalue weighted by Gasteiger charge is -2.22. The summed E-state index contributed by atoms with van der Waals surface area (Å²) in [6.45, 7) is 5.45. The van der Waals surface area contributed by atoms with E-state index < -0.39 is 24.3 Å². The maximum Gasteiger partial charge on any atom is 0.320 e. The van der Waals surface area contributed by atoms with E-state index in [-0.39, 0.29) is 30.4 Å². The number of fused-ring (bicyclic) bond motifs is 1. The summed E-state index contributed by atoms with van der Waals surface area (Å²) in [5.74, 6) is 2.59. The van der Waals surface area contributed by atoms with Crippen LogP contribution < -0.4 is 20.9 Å². The lowest BCUT2D eigenvalue weighted by atomic mass is 9.91. The van der Waals surface area contributed by atoms with Gasteiger partial charge in [-0.2, -0.15) is 14.8 Å². The second-order valence-corrected chi connectivity index (χ2v) is 13.7. The molecule has 55 heavy (non-hydrogen) atoms. The Bertz CT molecular complexity index is 2160. The van der Waals surface area contributed by atoms with E-state index in [0.717, 1.165) is 11.1 Å². The zero-order valence-corrected chi connectivity index (χ0v) is 31.2. The average molecular weight is 770 g/mol. The number of nitrogens with zero attached hydrogens (tertiary/aromatic N) is 10. The van der Waals surface area contributed by atoms with Gasteiger partial charge in [-0.3, -0.25) is 5.32 Å². The molecule has 1 saturated carbocycles. The SMILES string of the molecule is CCc1nnn([C@H]2C[C@@H](n3cnc4c(NCC(c5ccccc5)c5ccccc5)nc(N5CC[C@@H](NC(=O)Nc6cc(CC)on6)C5)nc43)[C@H](O)[C@@H]2O)n1.Cl. The Balaban J connectivity index is 0.00000465. The molecule has 0 unspecified atom stereocenters. The minimum atomic E-state index is -1.14. The van der Waals surface area contributed by atoms with Crippen LogP contribution in [0, 0.1) is 0 Å². The van der Waals surface area contributed by atoms with Gasteiger partial charge in [-0.1, -0.05) is 79.7 Å². The summed E-state index contributed by atoms with van der Waals surface area (Å²) < 4.78 is 7.02. The lowest BCUT2D eigenvalue weighted by Crippen LogP contribution is -2.40. The van der Waals surface area contributed by atoms with Crippen molar-refractivity contribution in [2.45, 2.75) is 75.8 Å². The highest BCUT2D eigenvalue weighted by atomic mass is 35.5. The van der Waals surface area contributed by atoms with Crippen LogP contribution in [0.15, 0.2) is 77.6 Å². The molecule has 1 saturated heterocycles. The highest BCUT2D eigenvalue weighted by Gasteiger charge is 2.45. The van der Waals surface area contributed by atoms with Crippen molar-refractivity contribution >= 4 is 47.2 Å². The van der Waals surface area contributed by atoms with Crippen LogP contribution in [0.1, 0.15) is 67.4 Å². The number of urea groups is 1. The molecule has 2 amide bonds. The highest BCUT2D eigenvalue weighted by molar-refractivity contribution is 5.88. The predicted octanol–water partition coefficient (Wildman–Crippen LogP) is 3.90. The molecule has 2 fully saturated rings. The van der Waals surface area contributed by atoms with Gasteiger partial charge < -0.3 is 34.8 Å². The average Bonchev–Trinajstić information content (AvgIpc) is 4.05. The van der Waals surface area contributed by atoms with Crippen molar-refractivity contribution in [3.8, 4) is 0 Å². The number of nitrogens with one attached hydrogen (secondary N) is 3. The maximum absolute atomic E-state index is 12.8. The number of aliphatic hydroxyl groups is 2. The Kier molecular flexibility index (Phi) is 11.2. The quantitative estimate of drug-likeness (QED) is 0.120. The third kappa shape index (κ3) is 7.81. The number of rotatable bonds is 12. The Labute approximate surface area is 323 Å². The molecule has 5 heterocycles. The molecule has 2 aliphatic rings. The first-order chi connectivity index (χ1) is 26.4. The fourth-order valence-corrected chi connectivity index (χ4v) is 7.37. The van der Waals surface area contributed by atoms with Gasteiger partial charge in [-0.25, -0.2) is 9.78 Å². The number of carbonyl (C=O) groups is 1. The van der Waals surface area contributed by atoms with Gasteiger partial charge in [0.2, 0.25) is 5.95 Å². The Hall–Kier alpha value is -5.65. The lowest BCUT2D eigenvalue weighted by molar-refractivity contribution is 0.00473. The minimum absolute atomic E-state index is 0. The highest BCUT2D eigenvalue weighted by Crippen LogP contribution is 2.40. The Morgan fingerprint density at radius 3 is 2.38 bits per heavy atom. The van der Waals surface area contributed by atoms with Crippen LogP contribution >= 0.6 is 12.4 Å². The van der Waals surface area contributed by atoms with Gasteiger partial charge in [-0.05, 0) is 29.2 Å². The van der Waals surface area contributed by atoms with Crippen molar-refractivity contribution in [2.24, 2.45) is 0 Å². The third-order valence-corrected chi connectivity index (χ3v) is 10.3. The van der Waals surface area contributed by atoms with Crippen molar-refractivity contribution in [3.63, 3.8) is 0 Å². The fraction of sp³-hybridized carbons (Fsp3) is 0.405. The number of aryl methyl sites for hydroxylation is 2. The molecule has 288 valence electrons. The van der Waals surface area contributed by atoms with Gasteiger partial charge >= 0.3 is 6.03 Å². The Morgan fingerprint density at radius 2 is 1.71 bits per heavy atom. The molecule has 1 aliphatic heterocycles. The van der Waals surface area contributed by atoms with Crippen molar-refractivity contribution in [3.05, 3.63) is 95.8 Å². The van der Waals surface area contributed by atoms with Gasteiger partial charge in [-0.15, -0.1) is 22.6 Å². The second kappa shape index (κ2) is 16.4. The summed E-state index contributed by atoms with van der Waals surface area (Å²) in [5, 5.41) is 48.5. The minimum Gasteiger partial charge on any atom is -0.388 e. The van der Waals surface area contributed by atoms with E-state index in [9.17, 15) is 15.0 Å². The Morgan fingerprint density at radius 1 is 0.982 bits per heavy atom. The van der Waals surface area contributed by atoms with Crippen molar-refractivity contribution in [1.29, 1.82) is 0 Å². The molecule has 0 bridgehead atoms. The summed E-state index contributed by atoms with van der Waals surface area (Å²) in [4.78, 5) is 31.1. The van der Waals surface area contributed by atoms with Gasteiger partial charge in [0.1, 0.15) is 24.0 Å². The van der Waals surface area contributed by atoms with Crippen molar-refractivity contribution in [2.75, 3.05) is 35.2 Å². The van der Waals surface area contributed by atoms with Gasteiger partial charge in [0.05, 0.1) is 12.4 Å². The van der Waals surface area contributed by atoms with Crippen LogP contribution in [0.4, 0.5) is 22.4 Å². The summed E-state index contributed by atoms with van der Waals surface area (Å²) in [6, 6.07) is 20.6. The number of imidazole rings is 1. The van der Waals surface area contributed by atoms with E-state index in [1.807, 2.05) is 59.7 Å². The largest absolute Gasteiger partial charge is 0.388 e. The van der Waals surface area contributed by atoms with Crippen molar-refractivity contribution in [1.82, 2.24) is 50.2 Å². The molecular weight excluding hydrogens is 726 g/mol. The third-order valence-electron chi connectivity index (χ3n) is 10.3. The van der Waals surface area contributed by atoms with E-state index in [1.165, 1.54) is 4.80 Å². The first-order valence-corrected chi connectivity index (χ1v) is 18.4. The summed E-state index contributed by atoms with van der Waals surface area (Å²) >= 11 is 0. The van der Waals surface area contributed by atoms with E-state index in [4.69, 9.17) is 19.5 Å². The number of carbonyl (C=O) groups excluding carboxylic acids is 1. The summed E-state index contributed by atoms with van der Waals surface area (Å²) in [5.41, 5.74) is 3.33. The molecule has 17 nitrogen and oxygen atoms in total. The predicted molar refractivity (Wildman–Crippen MR) is 206 cm³/mol. The van der Waals surface area contributed by atoms with Gasteiger partial charge in [0.25, 0.3) is 0 Å². The molecular formula is C37H44ClN13O4. The smallest absolute Gasteiger partial charge is 0.320 e. The molecule has 5 N–H and O–H groups in total. The van der Waals surface area contributed by atoms with Crippen molar-refractivity contribution < 1.29 is 19.5 Å². The molecule has 6 aromatic rings. The summed E-state index contributed by atoms with van der Waals surface area (Å²) in [6.07, 6.45) is 1.63. The number of hydrogen-bond donors (Lipinski definition) is 5. The van der Waals surface area contributed by atoms with Crippen LogP contribution in [0.25, 0.3) is 11.2 Å². The van der Waals surface area contributed by atoms with E-state index in [1.54, 1.807) is 12.4 Å². The second-order valence-electron chi connectivity index (χ2n) is 13.7. The molecule has 1 aliphatic carbocycles. The number of tetrazole rings is 1. The number of aromatic nitrogens is 9. The number of hydrogen-bond acceptors (Lipinski definition) is 13. The maximum atomic E-state index is 12.8. The number of amides is 2. The molecule has 8 rings (SSSR count). The van der Waals surface area contributed by atoms with E-state index in [0.29, 0.717) is 85.7 Å². The van der Waals surface area contributed by atoms with Gasteiger partial charge in [0, 0.05) is 50.5 Å². The molecule has 2 aromatic carbocycles. The first-order valence-electron chi connectivity index (χ1n) is 18.4. The molecule has 4 aromatic heterocycles. The number of anilines is 3. The molecule has 0 radical (unpaired) electrons. The van der Waals surface area contributed by atoms with Crippen LogP contribution in [0.5, 0.6) is 0 Å². The standard InChI is InChI=1S/C37H43N13O4.ClH/c1-3-25-17-30(46-54-25)41-37(53)40-24-15-16-48(20-24)36-42-34(38-19-26(22-11-7-5-8-12-22)23-13-9-6-10-14-23)31-35(43-36)49(21-39-31)27-18-28(33(52)32(27)51)50-45-29(4-2)44-47-50;/h5-14,17,21,24,26-28,32-33,51-52H,3-4,15-16,18-20H2,1-2H3,(H,38,42,43)(H2,40,41,46,53);1H/t24-,27-,28+,32+,33-;/m1./s1. The number of benzene rings is 2. The normalized spacial score (nSPS) is 20.9. The van der Waals surface area contributed by atoms with Crippen LogP contribution in [-0.4, -0.2) is 99.0 Å². The van der Waals surface area contributed by atoms with E-state index in [2.05, 4.69) is 60.8 Å². The zero-order chi connectivity index (χ0) is 37.2. The molecule has 0 spiro atoms. The van der Waals surface area contributed by atoms with Crippen LogP contribution in [-0.2, 0) is 12.8 Å². The molecule has 18 heteroatoms. The first kappa shape index (κ1) is 37.7.